The molecule has 0 radical (unpaired) electrons. The Kier molecular flexibility index (Phi) is 5.03. The van der Waals surface area contributed by atoms with Crippen LogP contribution in [0, 0.1) is 0 Å². The van der Waals surface area contributed by atoms with Crippen LogP contribution in [0.4, 0.5) is 0 Å². The van der Waals surface area contributed by atoms with Gasteiger partial charge in [-0.1, -0.05) is 13.3 Å². The summed E-state index contributed by atoms with van der Waals surface area (Å²) in [6, 6.07) is 0.670. The monoisotopic (exact) mass is 214 g/mol. The molecule has 0 amide bonds. The van der Waals surface area contributed by atoms with Crippen molar-refractivity contribution in [1.29, 1.82) is 0 Å². The van der Waals surface area contributed by atoms with Gasteiger partial charge in [0.25, 0.3) is 0 Å². The van der Waals surface area contributed by atoms with Crippen LogP contribution in [0.15, 0.2) is 0 Å². The van der Waals surface area contributed by atoms with E-state index in [0.717, 1.165) is 26.2 Å². The number of nitrogens with zero attached hydrogens (tertiary/aromatic N) is 1. The molecule has 0 saturated carbocycles. The zero-order valence-electron chi connectivity index (χ0n) is 10.7. The van der Waals surface area contributed by atoms with Crippen molar-refractivity contribution >= 4 is 0 Å². The van der Waals surface area contributed by atoms with E-state index in [-0.39, 0.29) is 5.60 Å². The van der Waals surface area contributed by atoms with Crippen molar-refractivity contribution in [3.05, 3.63) is 0 Å². The fourth-order valence-corrected chi connectivity index (χ4v) is 2.35. The number of hydrogen-bond donors (Lipinski definition) is 1. The predicted molar refractivity (Wildman–Crippen MR) is 64.2 cm³/mol. The molecule has 0 aromatic rings. The Morgan fingerprint density at radius 1 is 1.47 bits per heavy atom. The summed E-state index contributed by atoms with van der Waals surface area (Å²) in [6.07, 6.45) is 2.53. The summed E-state index contributed by atoms with van der Waals surface area (Å²) in [4.78, 5) is 2.57. The van der Waals surface area contributed by atoms with E-state index in [4.69, 9.17) is 4.74 Å². The Bertz CT molecular complexity index is 176. The zero-order valence-corrected chi connectivity index (χ0v) is 10.7. The van der Waals surface area contributed by atoms with Crippen molar-refractivity contribution in [1.82, 2.24) is 10.2 Å². The van der Waals surface area contributed by atoms with Crippen LogP contribution < -0.4 is 5.32 Å². The van der Waals surface area contributed by atoms with Crippen LogP contribution >= 0.6 is 0 Å². The van der Waals surface area contributed by atoms with Crippen LogP contribution in [-0.4, -0.2) is 49.8 Å². The summed E-state index contributed by atoms with van der Waals surface area (Å²) in [7, 11) is 2.04. The van der Waals surface area contributed by atoms with E-state index in [0.29, 0.717) is 6.04 Å². The van der Waals surface area contributed by atoms with Crippen molar-refractivity contribution in [2.45, 2.75) is 45.3 Å². The first-order chi connectivity index (χ1) is 7.09. The Morgan fingerprint density at radius 2 is 2.20 bits per heavy atom. The highest BCUT2D eigenvalue weighted by molar-refractivity contribution is 4.84. The van der Waals surface area contributed by atoms with Gasteiger partial charge in [-0.3, -0.25) is 4.90 Å². The minimum absolute atomic E-state index is 0.0258. The second kappa shape index (κ2) is 5.83. The lowest BCUT2D eigenvalue weighted by atomic mass is 10.0. The largest absolute Gasteiger partial charge is 0.373 e. The van der Waals surface area contributed by atoms with E-state index in [1.54, 1.807) is 0 Å². The lowest BCUT2D eigenvalue weighted by Crippen LogP contribution is -2.54. The standard InChI is InChI=1S/C12H26N2O/c1-5-6-11(9-13-4)14-7-8-15-12(2,3)10-14/h11,13H,5-10H2,1-4H3. The first kappa shape index (κ1) is 12.9. The Morgan fingerprint density at radius 3 is 2.73 bits per heavy atom. The molecule has 1 heterocycles. The SMILES string of the molecule is CCCC(CNC)N1CCOC(C)(C)C1. The van der Waals surface area contributed by atoms with Crippen molar-refractivity contribution in [3.63, 3.8) is 0 Å². The lowest BCUT2D eigenvalue weighted by Gasteiger charge is -2.42. The van der Waals surface area contributed by atoms with Crippen LogP contribution in [-0.2, 0) is 4.74 Å². The quantitative estimate of drug-likeness (QED) is 0.750. The molecule has 1 aliphatic rings. The maximum absolute atomic E-state index is 5.74. The van der Waals surface area contributed by atoms with Crippen molar-refractivity contribution in [2.75, 3.05) is 33.3 Å². The van der Waals surface area contributed by atoms with Gasteiger partial charge in [-0.2, -0.15) is 0 Å². The fourth-order valence-electron chi connectivity index (χ4n) is 2.35. The van der Waals surface area contributed by atoms with E-state index < -0.39 is 0 Å². The number of rotatable bonds is 5. The molecule has 1 atom stereocenters. The second-order valence-electron chi connectivity index (χ2n) is 5.08. The molecule has 3 heteroatoms. The molecular formula is C12H26N2O. The van der Waals surface area contributed by atoms with Gasteiger partial charge < -0.3 is 10.1 Å². The highest BCUT2D eigenvalue weighted by atomic mass is 16.5. The molecule has 1 unspecified atom stereocenters. The maximum atomic E-state index is 5.74. The van der Waals surface area contributed by atoms with E-state index in [2.05, 4.69) is 31.0 Å². The van der Waals surface area contributed by atoms with Crippen molar-refractivity contribution in [3.8, 4) is 0 Å². The van der Waals surface area contributed by atoms with Gasteiger partial charge in [-0.25, -0.2) is 0 Å². The molecule has 3 nitrogen and oxygen atoms in total. The van der Waals surface area contributed by atoms with Gasteiger partial charge in [0.2, 0.25) is 0 Å². The molecule has 0 aliphatic carbocycles. The van der Waals surface area contributed by atoms with E-state index >= 15 is 0 Å². The minimum atomic E-state index is 0.0258. The first-order valence-electron chi connectivity index (χ1n) is 6.11. The topological polar surface area (TPSA) is 24.5 Å². The molecule has 0 spiro atoms. The second-order valence-corrected chi connectivity index (χ2v) is 5.08. The Balaban J connectivity index is 2.50. The number of ether oxygens (including phenoxy) is 1. The molecule has 90 valence electrons. The summed E-state index contributed by atoms with van der Waals surface area (Å²) in [5, 5.41) is 3.29. The molecule has 1 saturated heterocycles. The van der Waals surface area contributed by atoms with Gasteiger partial charge in [0.1, 0.15) is 0 Å². The molecule has 0 bridgehead atoms. The smallest absolute Gasteiger partial charge is 0.0753 e. The summed E-state index contributed by atoms with van der Waals surface area (Å²) in [5.41, 5.74) is 0.0258. The van der Waals surface area contributed by atoms with Crippen LogP contribution in [0.3, 0.4) is 0 Å². The van der Waals surface area contributed by atoms with E-state index in [1.807, 2.05) is 7.05 Å². The molecule has 1 fully saturated rings. The van der Waals surface area contributed by atoms with Gasteiger partial charge >= 0.3 is 0 Å². The summed E-state index contributed by atoms with van der Waals surface area (Å²) >= 11 is 0. The number of likely N-dealkylation sites (N-methyl/N-ethyl adjacent to an activating group) is 1. The third-order valence-electron chi connectivity index (χ3n) is 3.03. The predicted octanol–water partition coefficient (Wildman–Crippen LogP) is 1.49. The summed E-state index contributed by atoms with van der Waals surface area (Å²) < 4.78 is 5.74. The first-order valence-corrected chi connectivity index (χ1v) is 6.11. The summed E-state index contributed by atoms with van der Waals surface area (Å²) in [6.45, 7) is 10.7. The van der Waals surface area contributed by atoms with E-state index in [1.165, 1.54) is 12.8 Å². The van der Waals surface area contributed by atoms with Gasteiger partial charge in [-0.15, -0.1) is 0 Å². The van der Waals surface area contributed by atoms with Crippen molar-refractivity contribution in [2.24, 2.45) is 0 Å². The Labute approximate surface area is 94.2 Å². The highest BCUT2D eigenvalue weighted by Gasteiger charge is 2.30. The third-order valence-corrected chi connectivity index (χ3v) is 3.03. The Hall–Kier alpha value is -0.120. The highest BCUT2D eigenvalue weighted by Crippen LogP contribution is 2.19. The number of hydrogen-bond acceptors (Lipinski definition) is 3. The van der Waals surface area contributed by atoms with Crippen LogP contribution in [0.25, 0.3) is 0 Å². The van der Waals surface area contributed by atoms with Crippen molar-refractivity contribution < 1.29 is 4.74 Å². The number of nitrogens with one attached hydrogen (secondary N) is 1. The minimum Gasteiger partial charge on any atom is -0.373 e. The van der Waals surface area contributed by atoms with Gasteiger partial charge in [0.05, 0.1) is 12.2 Å². The van der Waals surface area contributed by atoms with Gasteiger partial charge in [0.15, 0.2) is 0 Å². The molecule has 0 aromatic carbocycles. The van der Waals surface area contributed by atoms with Crippen LogP contribution in [0.2, 0.25) is 0 Å². The molecular weight excluding hydrogens is 188 g/mol. The average Bonchev–Trinajstić information content (AvgIpc) is 2.16. The average molecular weight is 214 g/mol. The molecule has 15 heavy (non-hydrogen) atoms. The lowest BCUT2D eigenvalue weighted by molar-refractivity contribution is -0.0974. The van der Waals surface area contributed by atoms with Crippen LogP contribution in [0.1, 0.15) is 33.6 Å². The molecule has 1 rings (SSSR count). The molecule has 1 aliphatic heterocycles. The maximum Gasteiger partial charge on any atom is 0.0753 e. The molecule has 0 aromatic heterocycles. The summed E-state index contributed by atoms with van der Waals surface area (Å²) in [5.74, 6) is 0. The van der Waals surface area contributed by atoms with Crippen LogP contribution in [0.5, 0.6) is 0 Å². The van der Waals surface area contributed by atoms with Gasteiger partial charge in [0, 0.05) is 25.7 Å². The normalized spacial score (nSPS) is 24.0. The fraction of sp³-hybridized carbons (Fsp3) is 1.00. The third kappa shape index (κ3) is 4.09. The zero-order chi connectivity index (χ0) is 11.3. The van der Waals surface area contributed by atoms with E-state index in [9.17, 15) is 0 Å². The number of morpholine rings is 1. The molecule has 1 N–H and O–H groups in total. The van der Waals surface area contributed by atoms with Gasteiger partial charge in [-0.05, 0) is 27.3 Å².